The number of fused-ring (bicyclic) bond motifs is 3. The van der Waals surface area contributed by atoms with Crippen molar-refractivity contribution in [2.45, 2.75) is 53.5 Å². The maximum atomic E-state index is 5.05. The summed E-state index contributed by atoms with van der Waals surface area (Å²) in [5.74, 6) is 2.21. The molecular formula is C20H23N5S. The lowest BCUT2D eigenvalue weighted by Gasteiger charge is -2.10. The molecule has 0 fully saturated rings. The van der Waals surface area contributed by atoms with Crippen LogP contribution in [0.15, 0.2) is 23.3 Å². The normalized spacial score (nSPS) is 16.3. The highest BCUT2D eigenvalue weighted by molar-refractivity contribution is 7.15. The molecule has 3 aromatic rings. The second-order valence-electron chi connectivity index (χ2n) is 7.18. The van der Waals surface area contributed by atoms with Gasteiger partial charge in [-0.2, -0.15) is 0 Å². The van der Waals surface area contributed by atoms with Crippen LogP contribution in [0.5, 0.6) is 0 Å². The number of rotatable bonds is 2. The van der Waals surface area contributed by atoms with E-state index >= 15 is 0 Å². The number of thiophene rings is 1. The first kappa shape index (κ1) is 17.1. The lowest BCUT2D eigenvalue weighted by Crippen LogP contribution is -2.08. The first-order valence-electron chi connectivity index (χ1n) is 8.95. The first-order chi connectivity index (χ1) is 12.4. The van der Waals surface area contributed by atoms with Crippen LogP contribution in [-0.4, -0.2) is 25.5 Å². The van der Waals surface area contributed by atoms with E-state index in [0.29, 0.717) is 5.92 Å². The summed E-state index contributed by atoms with van der Waals surface area (Å²) in [4.78, 5) is 11.0. The molecule has 1 atom stereocenters. The zero-order valence-electron chi connectivity index (χ0n) is 16.0. The molecule has 0 saturated heterocycles. The van der Waals surface area contributed by atoms with Crippen molar-refractivity contribution in [2.24, 2.45) is 4.99 Å². The monoisotopic (exact) mass is 365 g/mol. The number of pyridine rings is 1. The fourth-order valence-electron chi connectivity index (χ4n) is 3.37. The summed E-state index contributed by atoms with van der Waals surface area (Å²) >= 11 is 1.78. The van der Waals surface area contributed by atoms with Crippen LogP contribution in [0, 0.1) is 20.8 Å². The van der Waals surface area contributed by atoms with Crippen molar-refractivity contribution < 1.29 is 0 Å². The van der Waals surface area contributed by atoms with Crippen LogP contribution < -0.4 is 0 Å². The van der Waals surface area contributed by atoms with Gasteiger partial charge >= 0.3 is 0 Å². The second-order valence-corrected chi connectivity index (χ2v) is 8.39. The molecule has 1 aliphatic heterocycles. The fraction of sp³-hybridized carbons (Fsp3) is 0.400. The molecule has 0 N–H and O–H groups in total. The van der Waals surface area contributed by atoms with Gasteiger partial charge < -0.3 is 0 Å². The van der Waals surface area contributed by atoms with Crippen molar-refractivity contribution in [2.75, 3.05) is 0 Å². The highest BCUT2D eigenvalue weighted by atomic mass is 32.1. The minimum Gasteiger partial charge on any atom is -0.273 e. The summed E-state index contributed by atoms with van der Waals surface area (Å²) in [6.07, 6.45) is 1.95. The van der Waals surface area contributed by atoms with E-state index in [0.717, 1.165) is 33.6 Å². The SMILES string of the molecule is Cc1sc2c(c1C)C(c1ccc(C(C)C)nc1)=N[C@H](C)c1nnc(C)n1-2. The van der Waals surface area contributed by atoms with Gasteiger partial charge in [-0.3, -0.25) is 14.5 Å². The van der Waals surface area contributed by atoms with Crippen LogP contribution >= 0.6 is 11.3 Å². The van der Waals surface area contributed by atoms with Crippen molar-refractivity contribution in [3.8, 4) is 5.00 Å². The van der Waals surface area contributed by atoms with Crippen LogP contribution in [0.2, 0.25) is 0 Å². The molecular weight excluding hydrogens is 342 g/mol. The van der Waals surface area contributed by atoms with Crippen LogP contribution in [-0.2, 0) is 0 Å². The maximum Gasteiger partial charge on any atom is 0.162 e. The Hall–Kier alpha value is -2.34. The molecule has 5 nitrogen and oxygen atoms in total. The van der Waals surface area contributed by atoms with Gasteiger partial charge in [-0.25, -0.2) is 0 Å². The van der Waals surface area contributed by atoms with E-state index in [1.165, 1.54) is 16.0 Å². The quantitative estimate of drug-likeness (QED) is 0.662. The summed E-state index contributed by atoms with van der Waals surface area (Å²) in [5.41, 5.74) is 5.61. The second kappa shape index (κ2) is 6.13. The number of hydrogen-bond acceptors (Lipinski definition) is 5. The van der Waals surface area contributed by atoms with E-state index in [-0.39, 0.29) is 6.04 Å². The topological polar surface area (TPSA) is 56.0 Å². The summed E-state index contributed by atoms with van der Waals surface area (Å²) < 4.78 is 2.16. The Labute approximate surface area is 157 Å². The van der Waals surface area contributed by atoms with Crippen molar-refractivity contribution in [1.29, 1.82) is 0 Å². The minimum absolute atomic E-state index is 0.0599. The Kier molecular flexibility index (Phi) is 4.03. The third kappa shape index (κ3) is 2.51. The molecule has 3 aromatic heterocycles. The molecule has 26 heavy (non-hydrogen) atoms. The highest BCUT2D eigenvalue weighted by Gasteiger charge is 2.29. The fourth-order valence-corrected chi connectivity index (χ4v) is 4.58. The van der Waals surface area contributed by atoms with Crippen LogP contribution in [0.25, 0.3) is 5.00 Å². The summed E-state index contributed by atoms with van der Waals surface area (Å²) in [5, 5.41) is 9.85. The number of nitrogens with zero attached hydrogens (tertiary/aromatic N) is 5. The lowest BCUT2D eigenvalue weighted by molar-refractivity contribution is 0.724. The Balaban J connectivity index is 1.96. The summed E-state index contributed by atoms with van der Waals surface area (Å²) in [6, 6.07) is 4.19. The van der Waals surface area contributed by atoms with Crippen molar-refractivity contribution in [1.82, 2.24) is 19.7 Å². The summed E-state index contributed by atoms with van der Waals surface area (Å²) in [7, 11) is 0. The minimum atomic E-state index is -0.0599. The summed E-state index contributed by atoms with van der Waals surface area (Å²) in [6.45, 7) is 12.7. The predicted molar refractivity (Wildman–Crippen MR) is 106 cm³/mol. The van der Waals surface area contributed by atoms with E-state index in [4.69, 9.17) is 4.99 Å². The van der Waals surface area contributed by atoms with Gasteiger partial charge in [0.2, 0.25) is 0 Å². The molecule has 0 spiro atoms. The van der Waals surface area contributed by atoms with Gasteiger partial charge in [0, 0.05) is 27.9 Å². The van der Waals surface area contributed by atoms with E-state index in [9.17, 15) is 0 Å². The number of aryl methyl sites for hydroxylation is 2. The molecule has 134 valence electrons. The van der Waals surface area contributed by atoms with Gasteiger partial charge in [-0.1, -0.05) is 13.8 Å². The van der Waals surface area contributed by atoms with Crippen LogP contribution in [0.4, 0.5) is 0 Å². The van der Waals surface area contributed by atoms with E-state index in [2.05, 4.69) is 66.5 Å². The van der Waals surface area contributed by atoms with Crippen molar-refractivity contribution >= 4 is 17.0 Å². The molecule has 0 bridgehead atoms. The zero-order valence-corrected chi connectivity index (χ0v) is 16.8. The molecule has 4 rings (SSSR count). The van der Waals surface area contributed by atoms with Crippen LogP contribution in [0.1, 0.15) is 71.6 Å². The molecule has 6 heteroatoms. The standard InChI is InChI=1S/C20H23N5S/c1-10(2)16-8-7-15(9-21-16)18-17-11(3)13(5)26-20(17)25-14(6)23-24-19(25)12(4)22-18/h7-10,12H,1-6H3/t12-/m1/s1. The first-order valence-corrected chi connectivity index (χ1v) is 9.77. The molecule has 4 heterocycles. The molecule has 0 aliphatic carbocycles. The van der Waals surface area contributed by atoms with E-state index in [1.807, 2.05) is 13.1 Å². The van der Waals surface area contributed by atoms with Gasteiger partial charge in [-0.15, -0.1) is 21.5 Å². The largest absolute Gasteiger partial charge is 0.273 e. The van der Waals surface area contributed by atoms with Gasteiger partial charge in [0.05, 0.1) is 5.71 Å². The molecule has 1 aliphatic rings. The number of hydrogen-bond donors (Lipinski definition) is 0. The third-order valence-electron chi connectivity index (χ3n) is 5.00. The van der Waals surface area contributed by atoms with E-state index in [1.54, 1.807) is 11.3 Å². The molecule has 0 saturated carbocycles. The highest BCUT2D eigenvalue weighted by Crippen LogP contribution is 2.38. The Bertz CT molecular complexity index is 1010. The Morgan fingerprint density at radius 1 is 1.12 bits per heavy atom. The average Bonchev–Trinajstić information content (AvgIpc) is 3.09. The smallest absolute Gasteiger partial charge is 0.162 e. The molecule has 0 unspecified atom stereocenters. The van der Waals surface area contributed by atoms with Gasteiger partial charge in [0.15, 0.2) is 5.82 Å². The third-order valence-corrected chi connectivity index (χ3v) is 6.20. The van der Waals surface area contributed by atoms with Crippen molar-refractivity contribution in [3.05, 3.63) is 57.2 Å². The molecule has 0 amide bonds. The number of aliphatic imine (C=N–C) groups is 1. The Morgan fingerprint density at radius 2 is 1.88 bits per heavy atom. The van der Waals surface area contributed by atoms with E-state index < -0.39 is 0 Å². The van der Waals surface area contributed by atoms with Gasteiger partial charge in [0.25, 0.3) is 0 Å². The van der Waals surface area contributed by atoms with Crippen LogP contribution in [0.3, 0.4) is 0 Å². The number of aromatic nitrogens is 4. The maximum absolute atomic E-state index is 5.05. The van der Waals surface area contributed by atoms with Gasteiger partial charge in [0.1, 0.15) is 16.9 Å². The zero-order chi connectivity index (χ0) is 18.6. The van der Waals surface area contributed by atoms with Crippen molar-refractivity contribution in [3.63, 3.8) is 0 Å². The predicted octanol–water partition coefficient (Wildman–Crippen LogP) is 4.68. The molecule has 0 aromatic carbocycles. The lowest BCUT2D eigenvalue weighted by atomic mass is 10.00. The average molecular weight is 366 g/mol. The molecule has 0 radical (unpaired) electrons. The van der Waals surface area contributed by atoms with Gasteiger partial charge in [-0.05, 0) is 51.3 Å². The Morgan fingerprint density at radius 3 is 2.54 bits per heavy atom.